The Morgan fingerprint density at radius 2 is 2.00 bits per heavy atom. The summed E-state index contributed by atoms with van der Waals surface area (Å²) in [5.74, 6) is 0.343. The second-order valence-corrected chi connectivity index (χ2v) is 6.51. The number of carbonyl (C=O) groups is 1. The Balaban J connectivity index is 1.60. The molecular weight excluding hydrogens is 330 g/mol. The topological polar surface area (TPSA) is 68.3 Å². The number of carbonyl (C=O) groups excluding carboxylic acids is 1. The van der Waals surface area contributed by atoms with Crippen molar-refractivity contribution < 1.29 is 9.32 Å². The molecule has 26 heavy (non-hydrogen) atoms. The van der Waals surface area contributed by atoms with Crippen LogP contribution in [0.2, 0.25) is 0 Å². The molecule has 132 valence electrons. The number of aromatic nitrogens is 2. The Hall–Kier alpha value is -3.15. The highest BCUT2D eigenvalue weighted by Gasteiger charge is 2.32. The number of likely N-dealkylation sites (tertiary alicyclic amines) is 1. The van der Waals surface area contributed by atoms with E-state index in [1.54, 1.807) is 25.4 Å². The van der Waals surface area contributed by atoms with Crippen LogP contribution in [0.4, 0.5) is 0 Å². The van der Waals surface area contributed by atoms with Crippen LogP contribution in [0.15, 0.2) is 64.0 Å². The Labute approximate surface area is 150 Å². The predicted octanol–water partition coefficient (Wildman–Crippen LogP) is 3.02. The zero-order valence-corrected chi connectivity index (χ0v) is 14.5. The van der Waals surface area contributed by atoms with E-state index in [0.29, 0.717) is 17.9 Å². The normalized spacial score (nSPS) is 16.8. The fraction of sp³-hybridized carbons (Fsp3) is 0.250. The van der Waals surface area contributed by atoms with Crippen molar-refractivity contribution in [1.29, 1.82) is 0 Å². The van der Waals surface area contributed by atoms with Crippen LogP contribution in [0.25, 0.3) is 11.3 Å². The number of hydrogen-bond donors (Lipinski definition) is 0. The summed E-state index contributed by atoms with van der Waals surface area (Å²) in [6.07, 6.45) is 3.58. The van der Waals surface area contributed by atoms with Gasteiger partial charge in [-0.25, -0.2) is 0 Å². The van der Waals surface area contributed by atoms with Gasteiger partial charge >= 0.3 is 0 Å². The summed E-state index contributed by atoms with van der Waals surface area (Å²) in [5, 5.41) is 3.96. The predicted molar refractivity (Wildman–Crippen MR) is 96.6 cm³/mol. The molecule has 6 nitrogen and oxygen atoms in total. The fourth-order valence-corrected chi connectivity index (χ4v) is 3.43. The molecule has 0 unspecified atom stereocenters. The molecule has 0 radical (unpaired) electrons. The van der Waals surface area contributed by atoms with Gasteiger partial charge in [0.1, 0.15) is 0 Å². The highest BCUT2D eigenvalue weighted by atomic mass is 16.5. The van der Waals surface area contributed by atoms with Crippen LogP contribution in [-0.4, -0.2) is 27.1 Å². The average Bonchev–Trinajstić information content (AvgIpc) is 3.34. The smallest absolute Gasteiger partial charge is 0.276 e. The van der Waals surface area contributed by atoms with Crippen molar-refractivity contribution in [3.05, 3.63) is 76.3 Å². The maximum absolute atomic E-state index is 12.9. The minimum atomic E-state index is -0.129. The van der Waals surface area contributed by atoms with E-state index in [2.05, 4.69) is 17.3 Å². The summed E-state index contributed by atoms with van der Waals surface area (Å²) < 4.78 is 6.82. The van der Waals surface area contributed by atoms with Crippen molar-refractivity contribution in [2.45, 2.75) is 18.9 Å². The van der Waals surface area contributed by atoms with Gasteiger partial charge in [-0.3, -0.25) is 9.59 Å². The number of nitrogens with zero attached hydrogens (tertiary/aromatic N) is 3. The van der Waals surface area contributed by atoms with E-state index < -0.39 is 0 Å². The lowest BCUT2D eigenvalue weighted by Crippen LogP contribution is -2.30. The molecule has 6 heteroatoms. The number of pyridine rings is 1. The molecule has 1 aliphatic heterocycles. The van der Waals surface area contributed by atoms with Crippen molar-refractivity contribution in [3.8, 4) is 11.3 Å². The Morgan fingerprint density at radius 1 is 1.19 bits per heavy atom. The lowest BCUT2D eigenvalue weighted by Gasteiger charge is -2.24. The lowest BCUT2D eigenvalue weighted by molar-refractivity contribution is 0.0725. The van der Waals surface area contributed by atoms with E-state index in [-0.39, 0.29) is 23.2 Å². The van der Waals surface area contributed by atoms with Gasteiger partial charge in [0, 0.05) is 37.5 Å². The second kappa shape index (κ2) is 6.63. The third-order valence-corrected chi connectivity index (χ3v) is 4.80. The van der Waals surface area contributed by atoms with Crippen molar-refractivity contribution in [3.63, 3.8) is 0 Å². The minimum absolute atomic E-state index is 0.0707. The molecule has 3 aromatic rings. The van der Waals surface area contributed by atoms with Gasteiger partial charge in [-0.15, -0.1) is 0 Å². The Bertz CT molecular complexity index is 991. The van der Waals surface area contributed by atoms with Gasteiger partial charge in [-0.05, 0) is 24.5 Å². The number of hydrogen-bond acceptors (Lipinski definition) is 4. The molecule has 0 spiro atoms. The van der Waals surface area contributed by atoms with E-state index in [1.807, 2.05) is 23.1 Å². The van der Waals surface area contributed by atoms with Crippen LogP contribution < -0.4 is 5.56 Å². The summed E-state index contributed by atoms with van der Waals surface area (Å²) in [6, 6.07) is 14.9. The van der Waals surface area contributed by atoms with E-state index >= 15 is 0 Å². The molecule has 4 rings (SSSR count). The molecule has 0 bridgehead atoms. The van der Waals surface area contributed by atoms with Crippen LogP contribution >= 0.6 is 0 Å². The van der Waals surface area contributed by atoms with Crippen LogP contribution in [-0.2, 0) is 7.05 Å². The quantitative estimate of drug-likeness (QED) is 0.729. The molecule has 1 saturated heterocycles. The van der Waals surface area contributed by atoms with Crippen LogP contribution in [0.3, 0.4) is 0 Å². The van der Waals surface area contributed by atoms with E-state index in [4.69, 9.17) is 4.52 Å². The molecule has 0 aliphatic carbocycles. The SMILES string of the molecule is Cn1cc(-c2cc(C(=O)N3CCC[C@H]3c3ccccc3)no2)ccc1=O. The number of rotatable bonds is 3. The number of aryl methyl sites for hydroxylation is 1. The summed E-state index contributed by atoms with van der Waals surface area (Å²) in [4.78, 5) is 26.3. The van der Waals surface area contributed by atoms with Crippen molar-refractivity contribution in [1.82, 2.24) is 14.6 Å². The minimum Gasteiger partial charge on any atom is -0.355 e. The fourth-order valence-electron chi connectivity index (χ4n) is 3.43. The van der Waals surface area contributed by atoms with E-state index in [9.17, 15) is 9.59 Å². The third kappa shape index (κ3) is 2.94. The highest BCUT2D eigenvalue weighted by molar-refractivity contribution is 5.93. The van der Waals surface area contributed by atoms with Gasteiger partial charge in [-0.2, -0.15) is 0 Å². The molecule has 1 aliphatic rings. The zero-order chi connectivity index (χ0) is 18.1. The molecule has 0 saturated carbocycles. The first-order chi connectivity index (χ1) is 12.6. The lowest BCUT2D eigenvalue weighted by atomic mass is 10.0. The summed E-state index contributed by atoms with van der Waals surface area (Å²) >= 11 is 0. The first kappa shape index (κ1) is 16.3. The standard InChI is InChI=1S/C20H19N3O3/c1-22-13-15(9-10-19(22)24)18-12-16(21-26-18)20(25)23-11-5-8-17(23)14-6-3-2-4-7-14/h2-4,6-7,9-10,12-13,17H,5,8,11H2,1H3/t17-/m0/s1. The molecule has 1 atom stereocenters. The van der Waals surface area contributed by atoms with Crippen LogP contribution in [0.1, 0.15) is 34.9 Å². The van der Waals surface area contributed by atoms with Crippen molar-refractivity contribution in [2.24, 2.45) is 7.05 Å². The first-order valence-corrected chi connectivity index (χ1v) is 8.63. The van der Waals surface area contributed by atoms with Crippen LogP contribution in [0, 0.1) is 0 Å². The molecule has 1 fully saturated rings. The van der Waals surface area contributed by atoms with Gasteiger partial charge in [0.05, 0.1) is 6.04 Å². The van der Waals surface area contributed by atoms with Gasteiger partial charge < -0.3 is 14.0 Å². The molecule has 1 aromatic carbocycles. The number of benzene rings is 1. The number of amides is 1. The molecular formula is C20H19N3O3. The first-order valence-electron chi connectivity index (χ1n) is 8.63. The zero-order valence-electron chi connectivity index (χ0n) is 14.5. The summed E-state index contributed by atoms with van der Waals surface area (Å²) in [6.45, 7) is 0.709. The van der Waals surface area contributed by atoms with Gasteiger partial charge in [0.15, 0.2) is 11.5 Å². The van der Waals surface area contributed by atoms with Gasteiger partial charge in [-0.1, -0.05) is 35.5 Å². The van der Waals surface area contributed by atoms with E-state index in [1.165, 1.54) is 10.6 Å². The maximum atomic E-state index is 12.9. The molecule has 2 aromatic heterocycles. The van der Waals surface area contributed by atoms with Gasteiger partial charge in [0.2, 0.25) is 5.56 Å². The summed E-state index contributed by atoms with van der Waals surface area (Å²) in [7, 11) is 1.67. The van der Waals surface area contributed by atoms with Gasteiger partial charge in [0.25, 0.3) is 5.91 Å². The van der Waals surface area contributed by atoms with E-state index in [0.717, 1.165) is 18.4 Å². The maximum Gasteiger partial charge on any atom is 0.276 e. The third-order valence-electron chi connectivity index (χ3n) is 4.80. The molecule has 1 amide bonds. The van der Waals surface area contributed by atoms with Crippen molar-refractivity contribution in [2.75, 3.05) is 6.54 Å². The monoisotopic (exact) mass is 349 g/mol. The molecule has 0 N–H and O–H groups in total. The molecule has 3 heterocycles. The largest absolute Gasteiger partial charge is 0.355 e. The van der Waals surface area contributed by atoms with Crippen molar-refractivity contribution >= 4 is 5.91 Å². The summed E-state index contributed by atoms with van der Waals surface area (Å²) in [5.41, 5.74) is 2.03. The highest BCUT2D eigenvalue weighted by Crippen LogP contribution is 2.33. The second-order valence-electron chi connectivity index (χ2n) is 6.51. The van der Waals surface area contributed by atoms with Crippen LogP contribution in [0.5, 0.6) is 0 Å². The Kier molecular flexibility index (Phi) is 4.16. The Morgan fingerprint density at radius 3 is 2.77 bits per heavy atom. The average molecular weight is 349 g/mol.